The molecule has 7 heteroatoms. The lowest BCUT2D eigenvalue weighted by molar-refractivity contribution is -0.859. The Morgan fingerprint density at radius 1 is 1.10 bits per heavy atom. The molecule has 4 rings (SSSR count). The summed E-state index contributed by atoms with van der Waals surface area (Å²) in [7, 11) is 1.71. The molecule has 0 amide bonds. The summed E-state index contributed by atoms with van der Waals surface area (Å²) in [5.74, 6) is 0. The molecule has 6 nitrogen and oxygen atoms in total. The monoisotopic (exact) mass is 415 g/mol. The molecule has 0 saturated carbocycles. The number of fused-ring (bicyclic) bond motifs is 1. The molecule has 29 heavy (non-hydrogen) atoms. The highest BCUT2D eigenvalue weighted by atomic mass is 35.5. The Hall–Kier alpha value is -2.25. The van der Waals surface area contributed by atoms with Gasteiger partial charge in [0, 0.05) is 23.3 Å². The number of likely N-dealkylation sites (tertiary alicyclic amines) is 1. The largest absolute Gasteiger partial charge is 0.633 e. The lowest BCUT2D eigenvalue weighted by Gasteiger charge is -2.37. The van der Waals surface area contributed by atoms with E-state index in [4.69, 9.17) is 16.7 Å². The summed E-state index contributed by atoms with van der Waals surface area (Å²) in [6, 6.07) is 15.3. The molecule has 1 aliphatic rings. The summed E-state index contributed by atoms with van der Waals surface area (Å²) >= 11 is 6.01. The van der Waals surface area contributed by atoms with Crippen LogP contribution in [0.1, 0.15) is 36.6 Å². The van der Waals surface area contributed by atoms with E-state index in [0.717, 1.165) is 29.5 Å². The molecule has 2 N–H and O–H groups in total. The van der Waals surface area contributed by atoms with E-state index in [9.17, 15) is 10.0 Å². The van der Waals surface area contributed by atoms with Crippen LogP contribution in [0.15, 0.2) is 53.3 Å². The molecule has 1 aliphatic heterocycles. The molecule has 154 valence electrons. The van der Waals surface area contributed by atoms with E-state index >= 15 is 0 Å². The third-order valence-corrected chi connectivity index (χ3v) is 5.89. The van der Waals surface area contributed by atoms with Crippen molar-refractivity contribution in [3.63, 3.8) is 0 Å². The number of quaternary nitrogens is 1. The van der Waals surface area contributed by atoms with Crippen LogP contribution in [0.4, 0.5) is 0 Å². The highest BCUT2D eigenvalue weighted by molar-refractivity contribution is 6.30. The molecule has 3 aromatic rings. The van der Waals surface area contributed by atoms with Crippen molar-refractivity contribution in [1.82, 2.24) is 9.78 Å². The Morgan fingerprint density at radius 2 is 1.79 bits per heavy atom. The summed E-state index contributed by atoms with van der Waals surface area (Å²) in [5.41, 5.74) is 1.90. The van der Waals surface area contributed by atoms with Gasteiger partial charge in [0.15, 0.2) is 0 Å². The van der Waals surface area contributed by atoms with Crippen LogP contribution in [0.3, 0.4) is 0 Å². The number of hydrogen-bond donors (Lipinski definition) is 0. The first-order valence-electron chi connectivity index (χ1n) is 9.73. The summed E-state index contributed by atoms with van der Waals surface area (Å²) in [6.07, 6.45) is 2.91. The number of hydrogen-bond acceptors (Lipinski definition) is 3. The second-order valence-corrected chi connectivity index (χ2v) is 8.31. The average molecular weight is 416 g/mol. The maximum absolute atomic E-state index is 13.2. The fourth-order valence-electron chi connectivity index (χ4n) is 4.03. The van der Waals surface area contributed by atoms with Gasteiger partial charge >= 0.3 is 0 Å². The molecular formula is C22H26ClN3O3. The van der Waals surface area contributed by atoms with E-state index in [1.165, 1.54) is 0 Å². The summed E-state index contributed by atoms with van der Waals surface area (Å²) in [6.45, 7) is 1.11. The van der Waals surface area contributed by atoms with Crippen LogP contribution in [-0.4, -0.2) is 40.0 Å². The second kappa shape index (κ2) is 8.63. The summed E-state index contributed by atoms with van der Waals surface area (Å²) in [4.78, 5) is 13.2. The van der Waals surface area contributed by atoms with E-state index in [-0.39, 0.29) is 21.7 Å². The van der Waals surface area contributed by atoms with Crippen LogP contribution in [0.2, 0.25) is 5.02 Å². The molecule has 1 saturated heterocycles. The predicted octanol–water partition coefficient (Wildman–Crippen LogP) is 3.49. The Morgan fingerprint density at radius 3 is 2.52 bits per heavy atom. The molecule has 1 aromatic heterocycles. The van der Waals surface area contributed by atoms with E-state index in [2.05, 4.69) is 0 Å². The maximum Gasteiger partial charge on any atom is 0.274 e. The van der Waals surface area contributed by atoms with Gasteiger partial charge in [0.25, 0.3) is 5.56 Å². The molecule has 2 heterocycles. The Bertz CT molecular complexity index is 1050. The van der Waals surface area contributed by atoms with Crippen LogP contribution < -0.4 is 5.56 Å². The molecular weight excluding hydrogens is 390 g/mol. The van der Waals surface area contributed by atoms with E-state index in [1.807, 2.05) is 48.5 Å². The fourth-order valence-corrected chi connectivity index (χ4v) is 4.16. The molecule has 0 bridgehead atoms. The van der Waals surface area contributed by atoms with Crippen molar-refractivity contribution in [2.24, 2.45) is 0 Å². The third-order valence-electron chi connectivity index (χ3n) is 5.64. The van der Waals surface area contributed by atoms with Gasteiger partial charge in [0.05, 0.1) is 37.3 Å². The van der Waals surface area contributed by atoms with Crippen molar-refractivity contribution in [2.75, 3.05) is 20.1 Å². The first-order chi connectivity index (χ1) is 13.4. The number of benzene rings is 2. The molecule has 0 aliphatic carbocycles. The van der Waals surface area contributed by atoms with Crippen LogP contribution in [0.5, 0.6) is 0 Å². The lowest BCUT2D eigenvalue weighted by Crippen LogP contribution is -2.38. The summed E-state index contributed by atoms with van der Waals surface area (Å²) in [5, 5.41) is 19.4. The quantitative estimate of drug-likeness (QED) is 0.484. The highest BCUT2D eigenvalue weighted by Gasteiger charge is 2.24. The molecule has 2 aromatic carbocycles. The second-order valence-electron chi connectivity index (χ2n) is 7.87. The smallest absolute Gasteiger partial charge is 0.274 e. The zero-order valence-electron chi connectivity index (χ0n) is 16.5. The number of aromatic nitrogens is 2. The van der Waals surface area contributed by atoms with Gasteiger partial charge in [-0.15, -0.1) is 0 Å². The number of nitrogens with zero attached hydrogens (tertiary/aromatic N) is 3. The van der Waals surface area contributed by atoms with Crippen molar-refractivity contribution >= 4 is 22.4 Å². The first-order valence-corrected chi connectivity index (χ1v) is 10.1. The highest BCUT2D eigenvalue weighted by Crippen LogP contribution is 2.25. The maximum atomic E-state index is 13.2. The normalized spacial score (nSPS) is 22.1. The standard InChI is InChI=1S/C22H24ClN3O2.H2O/c1-26(28)13-4-5-18(12-14-26)25-22(27)20-7-3-2-6-19(20)21(24-25)15-16-8-10-17(23)11-9-16;/h2-3,6-11,18H,4-5,12-15H2,1H3;1H2. The van der Waals surface area contributed by atoms with Gasteiger partial charge < -0.3 is 15.3 Å². The van der Waals surface area contributed by atoms with Crippen LogP contribution in [0, 0.1) is 5.21 Å². The SMILES string of the molecule is C[N+]1([O-])CCCC(n2nc(Cc3ccc(Cl)cc3)c3ccccc3c2=O)CC1.O. The van der Waals surface area contributed by atoms with Crippen molar-refractivity contribution < 1.29 is 10.1 Å². The predicted molar refractivity (Wildman–Crippen MR) is 116 cm³/mol. The summed E-state index contributed by atoms with van der Waals surface area (Å²) < 4.78 is 1.40. The molecule has 1 fully saturated rings. The van der Waals surface area contributed by atoms with Gasteiger partial charge in [-0.2, -0.15) is 5.10 Å². The minimum absolute atomic E-state index is 0. The third kappa shape index (κ3) is 4.67. The van der Waals surface area contributed by atoms with Gasteiger partial charge in [-0.3, -0.25) is 4.79 Å². The van der Waals surface area contributed by atoms with Gasteiger partial charge in [0.1, 0.15) is 0 Å². The van der Waals surface area contributed by atoms with Gasteiger partial charge in [0.2, 0.25) is 0 Å². The average Bonchev–Trinajstić information content (AvgIpc) is 2.86. The van der Waals surface area contributed by atoms with Crippen LogP contribution in [-0.2, 0) is 6.42 Å². The Balaban J connectivity index is 0.00000240. The minimum atomic E-state index is -0.240. The topological polar surface area (TPSA) is 89.4 Å². The van der Waals surface area contributed by atoms with Gasteiger partial charge in [-0.1, -0.05) is 41.9 Å². The molecule has 2 atom stereocenters. The molecule has 0 spiro atoms. The first kappa shape index (κ1) is 21.5. The van der Waals surface area contributed by atoms with Gasteiger partial charge in [-0.25, -0.2) is 4.68 Å². The van der Waals surface area contributed by atoms with Crippen molar-refractivity contribution in [2.45, 2.75) is 31.7 Å². The van der Waals surface area contributed by atoms with E-state index < -0.39 is 0 Å². The Kier molecular flexibility index (Phi) is 6.39. The van der Waals surface area contributed by atoms with Crippen LogP contribution >= 0.6 is 11.6 Å². The van der Waals surface area contributed by atoms with Crippen molar-refractivity contribution in [3.8, 4) is 0 Å². The number of halogens is 1. The van der Waals surface area contributed by atoms with E-state index in [1.54, 1.807) is 11.7 Å². The molecule has 2 unspecified atom stereocenters. The Labute approximate surface area is 174 Å². The fraction of sp³-hybridized carbons (Fsp3) is 0.364. The minimum Gasteiger partial charge on any atom is -0.633 e. The lowest BCUT2D eigenvalue weighted by atomic mass is 10.0. The van der Waals surface area contributed by atoms with Crippen LogP contribution in [0.25, 0.3) is 10.8 Å². The zero-order chi connectivity index (χ0) is 19.7. The number of rotatable bonds is 3. The van der Waals surface area contributed by atoms with Gasteiger partial charge in [-0.05, 0) is 36.6 Å². The van der Waals surface area contributed by atoms with E-state index in [0.29, 0.717) is 36.3 Å². The molecule has 0 radical (unpaired) electrons. The zero-order valence-corrected chi connectivity index (χ0v) is 17.2. The van der Waals surface area contributed by atoms with Crippen molar-refractivity contribution in [3.05, 3.63) is 80.4 Å². The number of hydroxylamine groups is 3. The van der Waals surface area contributed by atoms with Crippen molar-refractivity contribution in [1.29, 1.82) is 0 Å².